The second-order valence-electron chi connectivity index (χ2n) is 5.79. The highest BCUT2D eigenvalue weighted by molar-refractivity contribution is 5.94. The third-order valence-electron chi connectivity index (χ3n) is 4.25. The van der Waals surface area contributed by atoms with Gasteiger partial charge in [0.2, 0.25) is 0 Å². The number of piperidine rings is 1. The number of carbonyl (C=O) groups excluding carboxylic acids is 1. The van der Waals surface area contributed by atoms with Gasteiger partial charge in [-0.05, 0) is 58.5 Å². The van der Waals surface area contributed by atoms with Gasteiger partial charge in [-0.25, -0.2) is 0 Å². The van der Waals surface area contributed by atoms with Crippen LogP contribution in [0, 0.1) is 0 Å². The summed E-state index contributed by atoms with van der Waals surface area (Å²) >= 11 is 0. The minimum Gasteiger partial charge on any atom is -0.493 e. The van der Waals surface area contributed by atoms with Crippen LogP contribution in [-0.4, -0.2) is 43.5 Å². The molecule has 0 aliphatic carbocycles. The Kier molecular flexibility index (Phi) is 5.23. The van der Waals surface area contributed by atoms with Crippen molar-refractivity contribution < 1.29 is 14.3 Å². The summed E-state index contributed by atoms with van der Waals surface area (Å²) in [5.41, 5.74) is 0.648. The quantitative estimate of drug-likeness (QED) is 0.781. The van der Waals surface area contributed by atoms with Crippen LogP contribution in [0.5, 0.6) is 11.5 Å². The van der Waals surface area contributed by atoms with Crippen LogP contribution in [0.1, 0.15) is 43.5 Å². The fourth-order valence-corrected chi connectivity index (χ4v) is 2.96. The van der Waals surface area contributed by atoms with Crippen LogP contribution < -0.4 is 9.47 Å². The van der Waals surface area contributed by atoms with E-state index in [0.717, 1.165) is 13.0 Å². The molecule has 0 aromatic heterocycles. The molecule has 1 heterocycles. The van der Waals surface area contributed by atoms with Crippen LogP contribution in [0.3, 0.4) is 0 Å². The zero-order valence-electron chi connectivity index (χ0n) is 13.4. The highest BCUT2D eigenvalue weighted by Crippen LogP contribution is 2.31. The molecule has 1 saturated heterocycles. The number of carbonyl (C=O) groups is 1. The zero-order chi connectivity index (χ0) is 15.4. The SMILES string of the molecule is COc1ccc(C(C)=O)cc1OC(C)C1CCCCN1C. The lowest BCUT2D eigenvalue weighted by Gasteiger charge is -2.36. The van der Waals surface area contributed by atoms with Crippen LogP contribution in [0.2, 0.25) is 0 Å². The van der Waals surface area contributed by atoms with Crippen molar-refractivity contribution in [3.05, 3.63) is 23.8 Å². The minimum absolute atomic E-state index is 0.0324. The number of rotatable bonds is 5. The monoisotopic (exact) mass is 291 g/mol. The van der Waals surface area contributed by atoms with Crippen LogP contribution in [0.25, 0.3) is 0 Å². The van der Waals surface area contributed by atoms with Gasteiger partial charge in [-0.2, -0.15) is 0 Å². The largest absolute Gasteiger partial charge is 0.493 e. The number of ketones is 1. The highest BCUT2D eigenvalue weighted by Gasteiger charge is 2.26. The summed E-state index contributed by atoms with van der Waals surface area (Å²) in [4.78, 5) is 13.9. The molecule has 2 unspecified atom stereocenters. The zero-order valence-corrected chi connectivity index (χ0v) is 13.4. The normalized spacial score (nSPS) is 20.9. The number of nitrogens with zero attached hydrogens (tertiary/aromatic N) is 1. The number of methoxy groups -OCH3 is 1. The molecule has 0 spiro atoms. The molecule has 0 saturated carbocycles. The first-order valence-electron chi connectivity index (χ1n) is 7.58. The van der Waals surface area contributed by atoms with E-state index >= 15 is 0 Å². The van der Waals surface area contributed by atoms with E-state index in [1.54, 1.807) is 32.2 Å². The molecular weight excluding hydrogens is 266 g/mol. The summed E-state index contributed by atoms with van der Waals surface area (Å²) in [6.07, 6.45) is 3.70. The Morgan fingerprint density at radius 1 is 1.33 bits per heavy atom. The molecule has 1 aromatic carbocycles. The van der Waals surface area contributed by atoms with Gasteiger partial charge in [-0.1, -0.05) is 6.42 Å². The predicted molar refractivity (Wildman–Crippen MR) is 83.4 cm³/mol. The lowest BCUT2D eigenvalue weighted by atomic mass is 9.99. The molecule has 116 valence electrons. The molecule has 1 aromatic rings. The summed E-state index contributed by atoms with van der Waals surface area (Å²) in [5, 5.41) is 0. The first-order valence-corrected chi connectivity index (χ1v) is 7.58. The standard InChI is InChI=1S/C17H25NO3/c1-12(19)14-8-9-16(20-4)17(11-14)21-13(2)15-7-5-6-10-18(15)3/h8-9,11,13,15H,5-7,10H2,1-4H3. The maximum atomic E-state index is 11.5. The van der Waals surface area contributed by atoms with Crippen LogP contribution in [-0.2, 0) is 0 Å². The van der Waals surface area contributed by atoms with Crippen molar-refractivity contribution in [3.63, 3.8) is 0 Å². The van der Waals surface area contributed by atoms with Crippen molar-refractivity contribution in [2.75, 3.05) is 20.7 Å². The first kappa shape index (κ1) is 15.8. The van der Waals surface area contributed by atoms with E-state index < -0.39 is 0 Å². The van der Waals surface area contributed by atoms with Gasteiger partial charge in [0.25, 0.3) is 0 Å². The van der Waals surface area contributed by atoms with Gasteiger partial charge >= 0.3 is 0 Å². The van der Waals surface area contributed by atoms with Crippen molar-refractivity contribution in [3.8, 4) is 11.5 Å². The second-order valence-corrected chi connectivity index (χ2v) is 5.79. The Morgan fingerprint density at radius 2 is 2.10 bits per heavy atom. The summed E-state index contributed by atoms with van der Waals surface area (Å²) in [5.74, 6) is 1.35. The molecule has 0 amide bonds. The average molecular weight is 291 g/mol. The molecule has 2 rings (SSSR count). The van der Waals surface area contributed by atoms with Gasteiger partial charge in [0, 0.05) is 11.6 Å². The molecule has 2 atom stereocenters. The Bertz CT molecular complexity index is 501. The van der Waals surface area contributed by atoms with Crippen molar-refractivity contribution in [1.82, 2.24) is 4.90 Å². The number of hydrogen-bond acceptors (Lipinski definition) is 4. The molecule has 1 aliphatic rings. The summed E-state index contributed by atoms with van der Waals surface area (Å²) in [6, 6.07) is 5.75. The number of benzene rings is 1. The van der Waals surface area contributed by atoms with E-state index in [9.17, 15) is 4.79 Å². The first-order chi connectivity index (χ1) is 10.0. The second kappa shape index (κ2) is 6.94. The van der Waals surface area contributed by atoms with Crippen molar-refractivity contribution in [1.29, 1.82) is 0 Å². The topological polar surface area (TPSA) is 38.8 Å². The maximum Gasteiger partial charge on any atom is 0.162 e. The Balaban J connectivity index is 2.16. The Labute approximate surface area is 127 Å². The summed E-state index contributed by atoms with van der Waals surface area (Å²) in [7, 11) is 3.76. The van der Waals surface area contributed by atoms with E-state index in [1.807, 2.05) is 0 Å². The van der Waals surface area contributed by atoms with E-state index in [2.05, 4.69) is 18.9 Å². The van der Waals surface area contributed by atoms with Gasteiger partial charge in [0.05, 0.1) is 7.11 Å². The van der Waals surface area contributed by atoms with E-state index in [4.69, 9.17) is 9.47 Å². The molecule has 0 radical (unpaired) electrons. The van der Waals surface area contributed by atoms with E-state index in [-0.39, 0.29) is 11.9 Å². The number of Topliss-reactive ketones (excluding diaryl/α,β-unsaturated/α-hetero) is 1. The van der Waals surface area contributed by atoms with Crippen LogP contribution >= 0.6 is 0 Å². The highest BCUT2D eigenvalue weighted by atomic mass is 16.5. The van der Waals surface area contributed by atoms with Gasteiger partial charge in [-0.15, -0.1) is 0 Å². The number of hydrogen-bond donors (Lipinski definition) is 0. The van der Waals surface area contributed by atoms with Crippen LogP contribution in [0.15, 0.2) is 18.2 Å². The molecule has 0 bridgehead atoms. The van der Waals surface area contributed by atoms with Gasteiger partial charge < -0.3 is 9.47 Å². The lowest BCUT2D eigenvalue weighted by Crippen LogP contribution is -2.45. The third-order valence-corrected chi connectivity index (χ3v) is 4.25. The van der Waals surface area contributed by atoms with Gasteiger partial charge in [-0.3, -0.25) is 9.69 Å². The predicted octanol–water partition coefficient (Wildman–Crippen LogP) is 3.15. The van der Waals surface area contributed by atoms with E-state index in [1.165, 1.54) is 12.8 Å². The summed E-state index contributed by atoms with van der Waals surface area (Å²) in [6.45, 7) is 4.76. The fourth-order valence-electron chi connectivity index (χ4n) is 2.96. The average Bonchev–Trinajstić information content (AvgIpc) is 2.47. The van der Waals surface area contributed by atoms with Gasteiger partial charge in [0.15, 0.2) is 17.3 Å². The van der Waals surface area contributed by atoms with Crippen molar-refractivity contribution >= 4 is 5.78 Å². The lowest BCUT2D eigenvalue weighted by molar-refractivity contribution is 0.0666. The molecule has 4 nitrogen and oxygen atoms in total. The molecule has 21 heavy (non-hydrogen) atoms. The van der Waals surface area contributed by atoms with Crippen molar-refractivity contribution in [2.45, 2.75) is 45.3 Å². The van der Waals surface area contributed by atoms with Gasteiger partial charge in [0.1, 0.15) is 6.10 Å². The number of likely N-dealkylation sites (N-methyl/N-ethyl adjacent to an activating group) is 1. The number of likely N-dealkylation sites (tertiary alicyclic amines) is 1. The maximum absolute atomic E-state index is 11.5. The van der Waals surface area contributed by atoms with Crippen molar-refractivity contribution in [2.24, 2.45) is 0 Å². The molecule has 1 fully saturated rings. The minimum atomic E-state index is 0.0324. The molecule has 4 heteroatoms. The van der Waals surface area contributed by atoms with E-state index in [0.29, 0.717) is 23.1 Å². The third kappa shape index (κ3) is 3.76. The molecular formula is C17H25NO3. The Morgan fingerprint density at radius 3 is 2.71 bits per heavy atom. The molecule has 1 aliphatic heterocycles. The summed E-state index contributed by atoms with van der Waals surface area (Å²) < 4.78 is 11.5. The number of ether oxygens (including phenoxy) is 2. The fraction of sp³-hybridized carbons (Fsp3) is 0.588. The Hall–Kier alpha value is -1.55. The van der Waals surface area contributed by atoms with Crippen LogP contribution in [0.4, 0.5) is 0 Å². The molecule has 0 N–H and O–H groups in total. The smallest absolute Gasteiger partial charge is 0.162 e.